The lowest BCUT2D eigenvalue weighted by molar-refractivity contribution is -0.141. The van der Waals surface area contributed by atoms with E-state index in [0.717, 1.165) is 0 Å². The molecule has 0 aliphatic rings. The van der Waals surface area contributed by atoms with Crippen LogP contribution >= 0.6 is 0 Å². The van der Waals surface area contributed by atoms with Gasteiger partial charge in [-0.3, -0.25) is 9.59 Å². The molecule has 0 aromatic heterocycles. The van der Waals surface area contributed by atoms with Gasteiger partial charge in [-0.1, -0.05) is 30.3 Å². The third kappa shape index (κ3) is 4.52. The quantitative estimate of drug-likeness (QED) is 0.662. The van der Waals surface area contributed by atoms with Crippen molar-refractivity contribution in [3.8, 4) is 11.5 Å². The van der Waals surface area contributed by atoms with Crippen LogP contribution in [-0.4, -0.2) is 35.3 Å². The van der Waals surface area contributed by atoms with Gasteiger partial charge in [0.1, 0.15) is 23.6 Å². The highest BCUT2D eigenvalue weighted by molar-refractivity contribution is 5.76. The standard InChI is InChI=1S/C19H21NO6/c1-11(18(21)22)13-8-14(25-2)10-15(9-13)26-17(16(20)19(23)24)12-6-4-3-5-7-12/h3-11,16-17H,20H2,1-2H3,(H,21,22)(H,23,24)/t11?,16-,17+/m0/s1. The lowest BCUT2D eigenvalue weighted by atomic mass is 10.00. The summed E-state index contributed by atoms with van der Waals surface area (Å²) in [6.07, 6.45) is -0.950. The second-order valence-electron chi connectivity index (χ2n) is 5.81. The Kier molecular flexibility index (Phi) is 6.19. The Morgan fingerprint density at radius 1 is 0.962 bits per heavy atom. The van der Waals surface area contributed by atoms with E-state index < -0.39 is 30.0 Å². The van der Waals surface area contributed by atoms with Gasteiger partial charge in [-0.2, -0.15) is 0 Å². The van der Waals surface area contributed by atoms with Crippen LogP contribution < -0.4 is 15.2 Å². The number of benzene rings is 2. The molecule has 0 fully saturated rings. The lowest BCUT2D eigenvalue weighted by Gasteiger charge is -2.24. The largest absolute Gasteiger partial charge is 0.497 e. The molecule has 26 heavy (non-hydrogen) atoms. The van der Waals surface area contributed by atoms with Gasteiger partial charge in [-0.25, -0.2) is 0 Å². The van der Waals surface area contributed by atoms with Crippen LogP contribution in [0.3, 0.4) is 0 Å². The smallest absolute Gasteiger partial charge is 0.324 e. The summed E-state index contributed by atoms with van der Waals surface area (Å²) >= 11 is 0. The van der Waals surface area contributed by atoms with Crippen molar-refractivity contribution in [1.29, 1.82) is 0 Å². The fourth-order valence-electron chi connectivity index (χ4n) is 2.44. The third-order valence-electron chi connectivity index (χ3n) is 4.01. The van der Waals surface area contributed by atoms with Crippen LogP contribution in [0.25, 0.3) is 0 Å². The first-order chi connectivity index (χ1) is 12.3. The van der Waals surface area contributed by atoms with Crippen LogP contribution in [0.4, 0.5) is 0 Å². The number of ether oxygens (including phenoxy) is 2. The van der Waals surface area contributed by atoms with Crippen molar-refractivity contribution >= 4 is 11.9 Å². The molecule has 0 saturated carbocycles. The molecular weight excluding hydrogens is 338 g/mol. The summed E-state index contributed by atoms with van der Waals surface area (Å²) in [5, 5.41) is 18.5. The number of methoxy groups -OCH3 is 1. The number of nitrogens with two attached hydrogens (primary N) is 1. The molecule has 1 unspecified atom stereocenters. The number of rotatable bonds is 8. The van der Waals surface area contributed by atoms with Crippen molar-refractivity contribution in [3.63, 3.8) is 0 Å². The van der Waals surface area contributed by atoms with E-state index in [1.54, 1.807) is 55.5 Å². The number of hydrogen-bond donors (Lipinski definition) is 3. The van der Waals surface area contributed by atoms with Gasteiger partial charge in [-0.15, -0.1) is 0 Å². The van der Waals surface area contributed by atoms with Gasteiger partial charge in [0, 0.05) is 6.07 Å². The highest BCUT2D eigenvalue weighted by Gasteiger charge is 2.28. The average molecular weight is 359 g/mol. The van der Waals surface area contributed by atoms with E-state index in [4.69, 9.17) is 15.2 Å². The van der Waals surface area contributed by atoms with E-state index >= 15 is 0 Å². The van der Waals surface area contributed by atoms with E-state index in [1.807, 2.05) is 0 Å². The molecule has 138 valence electrons. The molecule has 0 spiro atoms. The summed E-state index contributed by atoms with van der Waals surface area (Å²) < 4.78 is 11.1. The molecule has 0 heterocycles. The van der Waals surface area contributed by atoms with Crippen molar-refractivity contribution in [2.24, 2.45) is 5.73 Å². The minimum atomic E-state index is -1.30. The Bertz CT molecular complexity index is 777. The molecule has 0 saturated heterocycles. The second-order valence-corrected chi connectivity index (χ2v) is 5.81. The van der Waals surface area contributed by atoms with E-state index in [-0.39, 0.29) is 5.75 Å². The molecule has 7 nitrogen and oxygen atoms in total. The summed E-state index contributed by atoms with van der Waals surface area (Å²) in [5.41, 5.74) is 6.88. The van der Waals surface area contributed by atoms with Crippen molar-refractivity contribution in [1.82, 2.24) is 0 Å². The van der Waals surface area contributed by atoms with Crippen LogP contribution in [0, 0.1) is 0 Å². The van der Waals surface area contributed by atoms with Crippen molar-refractivity contribution < 1.29 is 29.3 Å². The normalized spacial score (nSPS) is 14.1. The minimum Gasteiger partial charge on any atom is -0.497 e. The van der Waals surface area contributed by atoms with Gasteiger partial charge in [-0.05, 0) is 30.2 Å². The highest BCUT2D eigenvalue weighted by Crippen LogP contribution is 2.31. The fraction of sp³-hybridized carbons (Fsp3) is 0.263. The predicted molar refractivity (Wildman–Crippen MR) is 94.5 cm³/mol. The number of carbonyl (C=O) groups is 2. The van der Waals surface area contributed by atoms with Gasteiger partial charge in [0.25, 0.3) is 0 Å². The second kappa shape index (κ2) is 8.35. The predicted octanol–water partition coefficient (Wildman–Crippen LogP) is 2.42. The summed E-state index contributed by atoms with van der Waals surface area (Å²) in [6, 6.07) is 12.1. The molecule has 7 heteroatoms. The summed E-state index contributed by atoms with van der Waals surface area (Å²) in [4.78, 5) is 22.7. The molecule has 0 aliphatic heterocycles. The SMILES string of the molecule is COc1cc(O[C@H](c2ccccc2)[C@H](N)C(=O)O)cc(C(C)C(=O)O)c1. The van der Waals surface area contributed by atoms with E-state index in [0.29, 0.717) is 16.9 Å². The summed E-state index contributed by atoms with van der Waals surface area (Å²) in [6.45, 7) is 1.54. The first-order valence-electron chi connectivity index (χ1n) is 7.95. The Labute approximate surface area is 151 Å². The first-order valence-corrected chi connectivity index (χ1v) is 7.95. The number of aliphatic carboxylic acids is 2. The molecular formula is C19H21NO6. The molecule has 0 amide bonds. The fourth-order valence-corrected chi connectivity index (χ4v) is 2.44. The highest BCUT2D eigenvalue weighted by atomic mass is 16.5. The summed E-state index contributed by atoms with van der Waals surface area (Å²) in [5.74, 6) is -2.30. The minimum absolute atomic E-state index is 0.276. The van der Waals surface area contributed by atoms with Crippen LogP contribution in [0.5, 0.6) is 11.5 Å². The molecule has 0 radical (unpaired) electrons. The first kappa shape index (κ1) is 19.3. The van der Waals surface area contributed by atoms with Gasteiger partial charge in [0.05, 0.1) is 13.0 Å². The summed E-state index contributed by atoms with van der Waals surface area (Å²) in [7, 11) is 1.45. The maximum Gasteiger partial charge on any atom is 0.324 e. The van der Waals surface area contributed by atoms with E-state index in [2.05, 4.69) is 0 Å². The van der Waals surface area contributed by atoms with Gasteiger partial charge in [0.15, 0.2) is 0 Å². The average Bonchev–Trinajstić information content (AvgIpc) is 2.65. The zero-order valence-electron chi connectivity index (χ0n) is 14.5. The number of hydrogen-bond acceptors (Lipinski definition) is 5. The molecule has 2 aromatic rings. The van der Waals surface area contributed by atoms with Crippen molar-refractivity contribution in [2.75, 3.05) is 7.11 Å². The van der Waals surface area contributed by atoms with E-state index in [9.17, 15) is 19.8 Å². The Morgan fingerprint density at radius 2 is 1.58 bits per heavy atom. The van der Waals surface area contributed by atoms with Gasteiger partial charge in [0.2, 0.25) is 0 Å². The molecule has 4 N–H and O–H groups in total. The Morgan fingerprint density at radius 3 is 2.12 bits per heavy atom. The Balaban J connectivity index is 2.42. The molecule has 0 aliphatic carbocycles. The maximum atomic E-state index is 11.4. The maximum absolute atomic E-state index is 11.4. The molecule has 3 atom stereocenters. The third-order valence-corrected chi connectivity index (χ3v) is 4.01. The zero-order valence-corrected chi connectivity index (χ0v) is 14.5. The zero-order chi connectivity index (χ0) is 19.3. The monoisotopic (exact) mass is 359 g/mol. The lowest BCUT2D eigenvalue weighted by Crippen LogP contribution is -2.39. The molecule has 0 bridgehead atoms. The van der Waals surface area contributed by atoms with Crippen molar-refractivity contribution in [2.45, 2.75) is 25.0 Å². The number of carboxylic acid groups (broad SMARTS) is 2. The van der Waals surface area contributed by atoms with Crippen LogP contribution in [0.15, 0.2) is 48.5 Å². The topological polar surface area (TPSA) is 119 Å². The van der Waals surface area contributed by atoms with Crippen LogP contribution in [0.2, 0.25) is 0 Å². The van der Waals surface area contributed by atoms with E-state index in [1.165, 1.54) is 7.11 Å². The van der Waals surface area contributed by atoms with Crippen molar-refractivity contribution in [3.05, 3.63) is 59.7 Å². The number of carboxylic acids is 2. The van der Waals surface area contributed by atoms with Crippen LogP contribution in [0.1, 0.15) is 30.1 Å². The van der Waals surface area contributed by atoms with Gasteiger partial charge < -0.3 is 25.4 Å². The molecule has 2 rings (SSSR count). The Hall–Kier alpha value is -3.06. The van der Waals surface area contributed by atoms with Gasteiger partial charge >= 0.3 is 11.9 Å². The van der Waals surface area contributed by atoms with Crippen LogP contribution in [-0.2, 0) is 9.59 Å². The molecule has 2 aromatic carbocycles.